The Morgan fingerprint density at radius 3 is 2.81 bits per heavy atom. The molecule has 26 heavy (non-hydrogen) atoms. The fraction of sp³-hybridized carbons (Fsp3) is 0.0588. The molecular formula is C17H12FN3O4S. The number of ether oxygens (including phenoxy) is 1. The Labute approximate surface area is 151 Å². The van der Waals surface area contributed by atoms with Gasteiger partial charge in [0.05, 0.1) is 17.7 Å². The van der Waals surface area contributed by atoms with Gasteiger partial charge in [-0.1, -0.05) is 12.1 Å². The van der Waals surface area contributed by atoms with E-state index in [1.54, 1.807) is 17.5 Å². The van der Waals surface area contributed by atoms with Crippen molar-refractivity contribution in [2.24, 2.45) is 0 Å². The van der Waals surface area contributed by atoms with Crippen LogP contribution in [-0.4, -0.2) is 22.9 Å². The summed E-state index contributed by atoms with van der Waals surface area (Å²) in [6.45, 7) is 0. The first-order valence-corrected chi connectivity index (χ1v) is 8.21. The molecule has 0 atom stereocenters. The van der Waals surface area contributed by atoms with Crippen LogP contribution in [0.4, 0.5) is 15.2 Å². The Hall–Kier alpha value is -3.33. The number of carbonyl (C=O) groups is 1. The van der Waals surface area contributed by atoms with Gasteiger partial charge in [0.1, 0.15) is 5.82 Å². The highest BCUT2D eigenvalue weighted by Gasteiger charge is 2.19. The van der Waals surface area contributed by atoms with Crippen LogP contribution in [0.2, 0.25) is 0 Å². The number of amides is 1. The molecule has 0 saturated carbocycles. The van der Waals surface area contributed by atoms with Gasteiger partial charge >= 0.3 is 5.69 Å². The maximum absolute atomic E-state index is 13.3. The molecule has 0 bridgehead atoms. The number of aromatic nitrogens is 1. The zero-order valence-electron chi connectivity index (χ0n) is 13.4. The standard InChI is InChI=1S/C17H12FN3O4S/c1-25-15-6-5-11(8-14(15)21(23)24)16(22)20-17-19-13(9-26-17)10-3-2-4-12(18)7-10/h2-9H,1H3,(H,19,20,22). The van der Waals surface area contributed by atoms with Crippen molar-refractivity contribution < 1.29 is 18.8 Å². The molecule has 0 aliphatic carbocycles. The Morgan fingerprint density at radius 1 is 1.31 bits per heavy atom. The van der Waals surface area contributed by atoms with Crippen molar-refractivity contribution in [2.75, 3.05) is 12.4 Å². The predicted octanol–water partition coefficient (Wildman–Crippen LogP) is 4.12. The van der Waals surface area contributed by atoms with Crippen LogP contribution in [0.5, 0.6) is 5.75 Å². The van der Waals surface area contributed by atoms with Crippen LogP contribution in [0, 0.1) is 15.9 Å². The molecule has 3 rings (SSSR count). The van der Waals surface area contributed by atoms with Gasteiger partial charge < -0.3 is 4.74 Å². The molecule has 1 aromatic heterocycles. The summed E-state index contributed by atoms with van der Waals surface area (Å²) in [5, 5.41) is 15.6. The summed E-state index contributed by atoms with van der Waals surface area (Å²) in [6, 6.07) is 9.85. The normalized spacial score (nSPS) is 10.4. The minimum absolute atomic E-state index is 0.0641. The van der Waals surface area contributed by atoms with Gasteiger partial charge in [-0.05, 0) is 24.3 Å². The summed E-state index contributed by atoms with van der Waals surface area (Å²) in [6.07, 6.45) is 0. The minimum Gasteiger partial charge on any atom is -0.490 e. The van der Waals surface area contributed by atoms with Gasteiger partial charge in [-0.15, -0.1) is 11.3 Å². The summed E-state index contributed by atoms with van der Waals surface area (Å²) in [5.41, 5.74) is 0.895. The third-order valence-corrected chi connectivity index (χ3v) is 4.24. The van der Waals surface area contributed by atoms with Crippen molar-refractivity contribution in [3.63, 3.8) is 0 Å². The molecule has 1 N–H and O–H groups in total. The van der Waals surface area contributed by atoms with E-state index in [9.17, 15) is 19.3 Å². The van der Waals surface area contributed by atoms with Crippen molar-refractivity contribution in [1.29, 1.82) is 0 Å². The molecule has 0 spiro atoms. The first kappa shape index (κ1) is 17.5. The molecule has 0 radical (unpaired) electrons. The number of halogens is 1. The number of methoxy groups -OCH3 is 1. The number of anilines is 1. The summed E-state index contributed by atoms with van der Waals surface area (Å²) < 4.78 is 18.2. The molecule has 7 nitrogen and oxygen atoms in total. The maximum Gasteiger partial charge on any atom is 0.311 e. The van der Waals surface area contributed by atoms with Crippen molar-refractivity contribution >= 4 is 28.1 Å². The molecule has 1 amide bonds. The molecule has 0 unspecified atom stereocenters. The number of nitrogens with zero attached hydrogens (tertiary/aromatic N) is 2. The van der Waals surface area contributed by atoms with Crippen LogP contribution >= 0.6 is 11.3 Å². The first-order chi connectivity index (χ1) is 12.5. The molecule has 3 aromatic rings. The summed E-state index contributed by atoms with van der Waals surface area (Å²) in [4.78, 5) is 27.0. The van der Waals surface area contributed by atoms with Gasteiger partial charge in [0.15, 0.2) is 10.9 Å². The van der Waals surface area contributed by atoms with Crippen molar-refractivity contribution in [1.82, 2.24) is 4.98 Å². The number of carbonyl (C=O) groups excluding carboxylic acids is 1. The molecule has 0 aliphatic rings. The molecule has 132 valence electrons. The van der Waals surface area contributed by atoms with E-state index < -0.39 is 10.8 Å². The Balaban J connectivity index is 1.81. The number of nitrogens with one attached hydrogen (secondary N) is 1. The van der Waals surface area contributed by atoms with Crippen molar-refractivity contribution in [3.8, 4) is 17.0 Å². The van der Waals surface area contributed by atoms with Gasteiger partial charge in [-0.2, -0.15) is 0 Å². The lowest BCUT2D eigenvalue weighted by Crippen LogP contribution is -2.12. The SMILES string of the molecule is COc1ccc(C(=O)Nc2nc(-c3cccc(F)c3)cs2)cc1[N+](=O)[O-]. The number of benzene rings is 2. The van der Waals surface area contributed by atoms with Gasteiger partial charge in [-0.25, -0.2) is 9.37 Å². The zero-order chi connectivity index (χ0) is 18.7. The highest BCUT2D eigenvalue weighted by Crippen LogP contribution is 2.29. The molecule has 0 saturated heterocycles. The number of nitro groups is 1. The number of nitro benzene ring substituents is 1. The van der Waals surface area contributed by atoms with Gasteiger partial charge in [0.2, 0.25) is 0 Å². The second-order valence-electron chi connectivity index (χ2n) is 5.15. The largest absolute Gasteiger partial charge is 0.490 e. The van der Waals surface area contributed by atoms with E-state index >= 15 is 0 Å². The summed E-state index contributed by atoms with van der Waals surface area (Å²) >= 11 is 1.17. The second-order valence-corrected chi connectivity index (χ2v) is 6.00. The van der Waals surface area contributed by atoms with Crippen LogP contribution < -0.4 is 10.1 Å². The summed E-state index contributed by atoms with van der Waals surface area (Å²) in [5.74, 6) is -0.864. The van der Waals surface area contributed by atoms with Crippen LogP contribution in [0.3, 0.4) is 0 Å². The average molecular weight is 373 g/mol. The molecule has 9 heteroatoms. The van der Waals surface area contributed by atoms with E-state index in [-0.39, 0.29) is 22.8 Å². The van der Waals surface area contributed by atoms with E-state index in [0.717, 1.165) is 6.07 Å². The summed E-state index contributed by atoms with van der Waals surface area (Å²) in [7, 11) is 1.31. The lowest BCUT2D eigenvalue weighted by molar-refractivity contribution is -0.385. The molecule has 2 aromatic carbocycles. The third-order valence-electron chi connectivity index (χ3n) is 3.48. The second kappa shape index (κ2) is 7.28. The fourth-order valence-electron chi connectivity index (χ4n) is 2.25. The molecular weight excluding hydrogens is 361 g/mol. The Morgan fingerprint density at radius 2 is 2.12 bits per heavy atom. The van der Waals surface area contributed by atoms with E-state index in [1.807, 2.05) is 0 Å². The smallest absolute Gasteiger partial charge is 0.311 e. The molecule has 1 heterocycles. The highest BCUT2D eigenvalue weighted by molar-refractivity contribution is 7.14. The zero-order valence-corrected chi connectivity index (χ0v) is 14.2. The Bertz CT molecular complexity index is 990. The first-order valence-electron chi connectivity index (χ1n) is 7.33. The van der Waals surface area contributed by atoms with Crippen molar-refractivity contribution in [3.05, 3.63) is 69.3 Å². The van der Waals surface area contributed by atoms with E-state index in [4.69, 9.17) is 4.74 Å². The third kappa shape index (κ3) is 3.67. The van der Waals surface area contributed by atoms with Gasteiger partial charge in [0, 0.05) is 22.6 Å². The van der Waals surface area contributed by atoms with Crippen LogP contribution in [-0.2, 0) is 0 Å². The number of thiazole rings is 1. The van der Waals surface area contributed by atoms with Gasteiger partial charge in [0.25, 0.3) is 5.91 Å². The lowest BCUT2D eigenvalue weighted by atomic mass is 10.1. The van der Waals surface area contributed by atoms with E-state index in [2.05, 4.69) is 10.3 Å². The quantitative estimate of drug-likeness (QED) is 0.536. The molecule has 0 aliphatic heterocycles. The van der Waals surface area contributed by atoms with Crippen LogP contribution in [0.1, 0.15) is 10.4 Å². The topological polar surface area (TPSA) is 94.4 Å². The Kier molecular flexibility index (Phi) is 4.90. The van der Waals surface area contributed by atoms with Crippen molar-refractivity contribution in [2.45, 2.75) is 0 Å². The van der Waals surface area contributed by atoms with Gasteiger partial charge in [-0.3, -0.25) is 20.2 Å². The molecule has 0 fully saturated rings. The van der Waals surface area contributed by atoms with E-state index in [1.165, 1.54) is 42.7 Å². The average Bonchev–Trinajstić information content (AvgIpc) is 3.09. The van der Waals surface area contributed by atoms with Crippen LogP contribution in [0.25, 0.3) is 11.3 Å². The predicted molar refractivity (Wildman–Crippen MR) is 95.1 cm³/mol. The number of hydrogen-bond donors (Lipinski definition) is 1. The lowest BCUT2D eigenvalue weighted by Gasteiger charge is -2.05. The fourth-order valence-corrected chi connectivity index (χ4v) is 2.97. The number of rotatable bonds is 5. The monoisotopic (exact) mass is 373 g/mol. The highest BCUT2D eigenvalue weighted by atomic mass is 32.1. The van der Waals surface area contributed by atoms with E-state index in [0.29, 0.717) is 16.4 Å². The van der Waals surface area contributed by atoms with Crippen LogP contribution in [0.15, 0.2) is 47.8 Å². The number of hydrogen-bond acceptors (Lipinski definition) is 6. The maximum atomic E-state index is 13.3. The minimum atomic E-state index is -0.624.